The highest BCUT2D eigenvalue weighted by atomic mass is 16.5. The number of aldehydes is 1. The minimum Gasteiger partial charge on any atom is -0.382 e. The average Bonchev–Trinajstić information content (AvgIpc) is 2.21. The maximum absolute atomic E-state index is 9.95. The van der Waals surface area contributed by atoms with Gasteiger partial charge in [-0.05, 0) is 12.8 Å². The van der Waals surface area contributed by atoms with E-state index in [-0.39, 0.29) is 0 Å². The van der Waals surface area contributed by atoms with Crippen LogP contribution in [0.5, 0.6) is 0 Å². The van der Waals surface area contributed by atoms with Gasteiger partial charge in [-0.2, -0.15) is 0 Å². The molecule has 0 heterocycles. The Kier molecular flexibility index (Phi) is 12.1. The molecule has 0 spiro atoms. The normalized spacial score (nSPS) is 10.4. The second-order valence-electron chi connectivity index (χ2n) is 2.88. The zero-order chi connectivity index (χ0) is 10.5. The quantitative estimate of drug-likeness (QED) is 0.372. The van der Waals surface area contributed by atoms with Crippen molar-refractivity contribution < 1.29 is 19.0 Å². The summed E-state index contributed by atoms with van der Waals surface area (Å²) in [5.41, 5.74) is 0. The summed E-state index contributed by atoms with van der Waals surface area (Å²) in [6, 6.07) is 0. The minimum absolute atomic E-state index is 0.588. The Morgan fingerprint density at radius 1 is 0.929 bits per heavy atom. The molecule has 0 rings (SSSR count). The number of hydrogen-bond donors (Lipinski definition) is 0. The van der Waals surface area contributed by atoms with Gasteiger partial charge in [-0.15, -0.1) is 0 Å². The van der Waals surface area contributed by atoms with Gasteiger partial charge in [-0.3, -0.25) is 0 Å². The van der Waals surface area contributed by atoms with Crippen molar-refractivity contribution in [2.45, 2.75) is 19.3 Å². The standard InChI is InChI=1S/C10H20O4/c1-12-9-10-14-8-4-7-13-6-3-2-5-11/h5H,2-4,6-10H2,1H3. The van der Waals surface area contributed by atoms with Gasteiger partial charge in [-0.1, -0.05) is 0 Å². The summed E-state index contributed by atoms with van der Waals surface area (Å²) >= 11 is 0. The van der Waals surface area contributed by atoms with E-state index in [0.717, 1.165) is 19.1 Å². The topological polar surface area (TPSA) is 44.8 Å². The zero-order valence-corrected chi connectivity index (χ0v) is 8.87. The third-order valence-electron chi connectivity index (χ3n) is 1.62. The van der Waals surface area contributed by atoms with Crippen molar-refractivity contribution in [1.29, 1.82) is 0 Å². The molecule has 0 aliphatic carbocycles. The number of ether oxygens (including phenoxy) is 3. The summed E-state index contributed by atoms with van der Waals surface area (Å²) in [5.74, 6) is 0. The Bertz CT molecular complexity index is 117. The number of carbonyl (C=O) groups excluding carboxylic acids is 1. The molecule has 0 atom stereocenters. The van der Waals surface area contributed by atoms with Crippen molar-refractivity contribution >= 4 is 6.29 Å². The monoisotopic (exact) mass is 204 g/mol. The Hall–Kier alpha value is -0.450. The number of rotatable bonds is 11. The van der Waals surface area contributed by atoms with Crippen LogP contribution in [0, 0.1) is 0 Å². The molecule has 0 bridgehead atoms. The molecule has 0 N–H and O–H groups in total. The van der Waals surface area contributed by atoms with Crippen molar-refractivity contribution in [2.24, 2.45) is 0 Å². The lowest BCUT2D eigenvalue weighted by Crippen LogP contribution is -2.06. The fraction of sp³-hybridized carbons (Fsp3) is 0.900. The second-order valence-corrected chi connectivity index (χ2v) is 2.88. The van der Waals surface area contributed by atoms with Crippen LogP contribution in [0.4, 0.5) is 0 Å². The van der Waals surface area contributed by atoms with Crippen molar-refractivity contribution in [3.8, 4) is 0 Å². The number of methoxy groups -OCH3 is 1. The van der Waals surface area contributed by atoms with Crippen molar-refractivity contribution in [2.75, 3.05) is 40.1 Å². The molecule has 0 aliphatic rings. The molecule has 4 heteroatoms. The molecule has 0 saturated heterocycles. The highest BCUT2D eigenvalue weighted by Gasteiger charge is 1.90. The molecule has 0 radical (unpaired) electrons. The van der Waals surface area contributed by atoms with E-state index in [1.54, 1.807) is 7.11 Å². The van der Waals surface area contributed by atoms with Crippen LogP contribution in [-0.2, 0) is 19.0 Å². The minimum atomic E-state index is 0.588. The van der Waals surface area contributed by atoms with Gasteiger partial charge in [0.1, 0.15) is 6.29 Å². The summed E-state index contributed by atoms with van der Waals surface area (Å²) in [4.78, 5) is 9.95. The van der Waals surface area contributed by atoms with E-state index in [0.29, 0.717) is 39.5 Å². The van der Waals surface area contributed by atoms with E-state index in [4.69, 9.17) is 14.2 Å². The number of hydrogen-bond acceptors (Lipinski definition) is 4. The lowest BCUT2D eigenvalue weighted by molar-refractivity contribution is -0.108. The molecule has 0 amide bonds. The molecule has 0 aliphatic heterocycles. The van der Waals surface area contributed by atoms with E-state index < -0.39 is 0 Å². The smallest absolute Gasteiger partial charge is 0.120 e. The first-order valence-corrected chi connectivity index (χ1v) is 5.00. The summed E-state index contributed by atoms with van der Waals surface area (Å²) in [7, 11) is 1.65. The first-order chi connectivity index (χ1) is 6.91. The maximum atomic E-state index is 9.95. The Morgan fingerprint density at radius 2 is 1.57 bits per heavy atom. The fourth-order valence-electron chi connectivity index (χ4n) is 0.878. The summed E-state index contributed by atoms with van der Waals surface area (Å²) < 4.78 is 15.3. The second kappa shape index (κ2) is 12.6. The predicted octanol–water partition coefficient (Wildman–Crippen LogP) is 1.04. The zero-order valence-electron chi connectivity index (χ0n) is 8.87. The molecule has 0 aromatic rings. The van der Waals surface area contributed by atoms with Crippen LogP contribution in [0.2, 0.25) is 0 Å². The van der Waals surface area contributed by atoms with Gasteiger partial charge >= 0.3 is 0 Å². The molecular formula is C10H20O4. The average molecular weight is 204 g/mol. The van der Waals surface area contributed by atoms with Crippen molar-refractivity contribution in [1.82, 2.24) is 0 Å². The molecule has 0 aromatic carbocycles. The number of carbonyl (C=O) groups is 1. The summed E-state index contributed by atoms with van der Waals surface area (Å²) in [5, 5.41) is 0. The highest BCUT2D eigenvalue weighted by Crippen LogP contribution is 1.89. The van der Waals surface area contributed by atoms with E-state index in [2.05, 4.69) is 0 Å². The first-order valence-electron chi connectivity index (χ1n) is 5.00. The predicted molar refractivity (Wildman–Crippen MR) is 53.4 cm³/mol. The van der Waals surface area contributed by atoms with Crippen molar-refractivity contribution in [3.63, 3.8) is 0 Å². The lowest BCUT2D eigenvalue weighted by Gasteiger charge is -2.04. The number of unbranched alkanes of at least 4 members (excludes halogenated alkanes) is 1. The van der Waals surface area contributed by atoms with Gasteiger partial charge in [-0.25, -0.2) is 0 Å². The highest BCUT2D eigenvalue weighted by molar-refractivity contribution is 5.48. The largest absolute Gasteiger partial charge is 0.382 e. The molecule has 84 valence electrons. The molecule has 4 nitrogen and oxygen atoms in total. The SMILES string of the molecule is COCCOCCCOCCCC=O. The van der Waals surface area contributed by atoms with Crippen LogP contribution < -0.4 is 0 Å². The maximum Gasteiger partial charge on any atom is 0.120 e. The van der Waals surface area contributed by atoms with Crippen LogP contribution >= 0.6 is 0 Å². The molecule has 14 heavy (non-hydrogen) atoms. The van der Waals surface area contributed by atoms with Gasteiger partial charge < -0.3 is 19.0 Å². The van der Waals surface area contributed by atoms with Gasteiger partial charge in [0.2, 0.25) is 0 Å². The summed E-state index contributed by atoms with van der Waals surface area (Å²) in [6.45, 7) is 3.35. The van der Waals surface area contributed by atoms with Gasteiger partial charge in [0.05, 0.1) is 13.2 Å². The van der Waals surface area contributed by atoms with E-state index in [9.17, 15) is 4.79 Å². The third kappa shape index (κ3) is 11.6. The molecule has 0 unspecified atom stereocenters. The van der Waals surface area contributed by atoms with Crippen LogP contribution in [0.3, 0.4) is 0 Å². The first kappa shape index (κ1) is 13.5. The molecular weight excluding hydrogens is 184 g/mol. The van der Waals surface area contributed by atoms with Gasteiger partial charge in [0, 0.05) is 33.4 Å². The van der Waals surface area contributed by atoms with Crippen molar-refractivity contribution in [3.05, 3.63) is 0 Å². The lowest BCUT2D eigenvalue weighted by atomic mass is 10.3. The van der Waals surface area contributed by atoms with E-state index in [1.807, 2.05) is 0 Å². The third-order valence-corrected chi connectivity index (χ3v) is 1.62. The van der Waals surface area contributed by atoms with Crippen LogP contribution in [0.1, 0.15) is 19.3 Å². The van der Waals surface area contributed by atoms with Gasteiger partial charge in [0.25, 0.3) is 0 Å². The Labute approximate surface area is 85.5 Å². The summed E-state index contributed by atoms with van der Waals surface area (Å²) in [6.07, 6.45) is 3.21. The van der Waals surface area contributed by atoms with Crippen LogP contribution in [-0.4, -0.2) is 46.4 Å². The molecule has 0 aromatic heterocycles. The molecule has 0 fully saturated rings. The van der Waals surface area contributed by atoms with Crippen LogP contribution in [0.25, 0.3) is 0 Å². The molecule has 0 saturated carbocycles. The van der Waals surface area contributed by atoms with E-state index >= 15 is 0 Å². The van der Waals surface area contributed by atoms with E-state index in [1.165, 1.54) is 0 Å². The fourth-order valence-corrected chi connectivity index (χ4v) is 0.878. The van der Waals surface area contributed by atoms with Crippen LogP contribution in [0.15, 0.2) is 0 Å². The van der Waals surface area contributed by atoms with Gasteiger partial charge in [0.15, 0.2) is 0 Å². The Balaban J connectivity index is 2.81. The Morgan fingerprint density at radius 3 is 2.21 bits per heavy atom.